The van der Waals surface area contributed by atoms with E-state index in [2.05, 4.69) is 27.7 Å². The summed E-state index contributed by atoms with van der Waals surface area (Å²) >= 11 is 0. The zero-order chi connectivity index (χ0) is 56.8. The Morgan fingerprint density at radius 1 is 0.750 bits per heavy atom. The molecule has 0 bridgehead atoms. The molecule has 24 heteroatoms. The van der Waals surface area contributed by atoms with Crippen molar-refractivity contribution in [1.29, 1.82) is 0 Å². The number of carbonyl (C=O) groups is 3. The zero-order valence-electron chi connectivity index (χ0n) is 43.4. The van der Waals surface area contributed by atoms with E-state index in [0.29, 0.717) is 0 Å². The number of guanidine groups is 1. The minimum atomic E-state index is -2.85. The van der Waals surface area contributed by atoms with Crippen molar-refractivity contribution in [2.75, 3.05) is 6.61 Å². The number of allylic oxidation sites excluding steroid dienone is 12. The van der Waals surface area contributed by atoms with Gasteiger partial charge in [0.25, 0.3) is 0 Å². The van der Waals surface area contributed by atoms with Gasteiger partial charge in [-0.15, -0.1) is 6.58 Å². The molecular formula is C52H84N6O18. The van der Waals surface area contributed by atoms with Gasteiger partial charge in [-0.2, -0.15) is 0 Å². The van der Waals surface area contributed by atoms with E-state index in [9.17, 15) is 70.7 Å². The van der Waals surface area contributed by atoms with Crippen molar-refractivity contribution in [2.45, 2.75) is 183 Å². The molecular weight excluding hydrogens is 997 g/mol. The summed E-state index contributed by atoms with van der Waals surface area (Å²) in [7, 11) is 0. The van der Waals surface area contributed by atoms with Crippen molar-refractivity contribution in [3.8, 4) is 0 Å². The number of aliphatic hydroxyl groups is 11. The van der Waals surface area contributed by atoms with Crippen molar-refractivity contribution in [3.63, 3.8) is 0 Å². The number of nitrogens with two attached hydrogens (primary N) is 1. The number of hydrogen-bond acceptors (Lipinski definition) is 19. The number of cyclic esters (lactones) is 1. The van der Waals surface area contributed by atoms with Gasteiger partial charge in [0.1, 0.15) is 12.2 Å². The Hall–Kier alpha value is -5.16. The molecule has 0 radical (unpaired) electrons. The van der Waals surface area contributed by atoms with Crippen LogP contribution in [0.1, 0.15) is 91.4 Å². The average molecular weight is 1080 g/mol. The standard InChI is InChI=1S/C52H84N6O18/c1-5-39-33(3)74-46(67)28-36(61)26-35(60)20-23-42(63)43(64)27-37(62)30-52(71,72)31-44(65)40(55-51(70)57-56-45(66)24-25-59)22-21-38(76-47-29-41(54-50(53)58-73)49(69)34(4)75-47)19-17-15-13-11-9-7-6-8-10-12-14-16-18-32(2)48(39)68/h5-19,32-44,47-49,59-65,68-69,71-73H,1,20-31H2,2-4H3,(H,56,66)(H3,53,54,58)(H2,55,57,70)/b7-6+,10-8+,11-9+,14-12+,15-13+,18-16+,19-17+/t32-,33-,34+,35+,36+,37-,38-,39-,40-,41?,42+,43+,44-,47?,48+,49+/m0/s1. The summed E-state index contributed by atoms with van der Waals surface area (Å²) in [5.41, 5.74) is 11.5. The smallest absolute Gasteiger partial charge is 0.333 e. The number of aliphatic hydroxyl groups excluding tert-OH is 9. The van der Waals surface area contributed by atoms with Crippen LogP contribution in [-0.4, -0.2) is 183 Å². The van der Waals surface area contributed by atoms with Gasteiger partial charge < -0.3 is 81.4 Å². The van der Waals surface area contributed by atoms with E-state index in [1.807, 2.05) is 0 Å². The van der Waals surface area contributed by atoms with Crippen molar-refractivity contribution in [1.82, 2.24) is 21.6 Å². The Morgan fingerprint density at radius 3 is 1.95 bits per heavy atom. The van der Waals surface area contributed by atoms with Crippen molar-refractivity contribution < 1.29 is 90.0 Å². The van der Waals surface area contributed by atoms with Crippen LogP contribution in [-0.2, 0) is 23.8 Å². The minimum Gasteiger partial charge on any atom is -0.462 e. The summed E-state index contributed by atoms with van der Waals surface area (Å²) < 4.78 is 17.7. The Balaban J connectivity index is 2.46. The number of carbonyl (C=O) groups excluding carboxylic acids is 3. The van der Waals surface area contributed by atoms with Gasteiger partial charge in [0, 0.05) is 37.5 Å². The monoisotopic (exact) mass is 1080 g/mol. The maximum absolute atomic E-state index is 13.0. The first-order valence-corrected chi connectivity index (χ1v) is 25.4. The fourth-order valence-electron chi connectivity index (χ4n) is 8.25. The average Bonchev–Trinajstić information content (AvgIpc) is 3.34. The molecule has 0 spiro atoms. The van der Waals surface area contributed by atoms with Crippen LogP contribution in [0.5, 0.6) is 0 Å². The molecule has 0 aliphatic carbocycles. The molecule has 0 aromatic rings. The summed E-state index contributed by atoms with van der Waals surface area (Å²) in [6.45, 7) is 8.22. The molecule has 0 aromatic carbocycles. The Kier molecular flexibility index (Phi) is 31.7. The molecule has 24 nitrogen and oxygen atoms in total. The molecule has 3 amide bonds. The minimum absolute atomic E-state index is 0.00375. The van der Waals surface area contributed by atoms with E-state index in [4.69, 9.17) is 25.1 Å². The molecule has 2 aliphatic rings. The van der Waals surface area contributed by atoms with Gasteiger partial charge in [0.2, 0.25) is 11.9 Å². The molecule has 2 heterocycles. The number of urea groups is 1. The number of hydrazine groups is 1. The summed E-state index contributed by atoms with van der Waals surface area (Å²) in [4.78, 5) is 41.8. The van der Waals surface area contributed by atoms with Crippen LogP contribution >= 0.6 is 0 Å². The molecule has 2 rings (SSSR count). The quantitative estimate of drug-likeness (QED) is 0.0385. The number of hydrogen-bond donors (Lipinski definition) is 17. The van der Waals surface area contributed by atoms with Crippen LogP contribution in [0.4, 0.5) is 4.79 Å². The number of rotatable bonds is 7. The normalized spacial score (nSPS) is 36.9. The summed E-state index contributed by atoms with van der Waals surface area (Å²) in [5.74, 6) is -5.78. The molecule has 2 aliphatic heterocycles. The third-order valence-electron chi connectivity index (χ3n) is 12.4. The van der Waals surface area contributed by atoms with Gasteiger partial charge in [-0.1, -0.05) is 98.1 Å². The molecule has 0 saturated carbocycles. The van der Waals surface area contributed by atoms with Crippen LogP contribution in [0.15, 0.2) is 103 Å². The van der Waals surface area contributed by atoms with E-state index in [1.165, 1.54) is 6.08 Å². The van der Waals surface area contributed by atoms with Gasteiger partial charge in [0.15, 0.2) is 12.1 Å². The van der Waals surface area contributed by atoms with E-state index in [1.54, 1.807) is 111 Å². The van der Waals surface area contributed by atoms with E-state index < -0.39 is 147 Å². The number of ether oxygens (including phenoxy) is 3. The molecule has 18 N–H and O–H groups in total. The highest BCUT2D eigenvalue weighted by atomic mass is 16.7. The van der Waals surface area contributed by atoms with Crippen LogP contribution in [0.25, 0.3) is 0 Å². The van der Waals surface area contributed by atoms with Gasteiger partial charge >= 0.3 is 12.0 Å². The zero-order valence-corrected chi connectivity index (χ0v) is 43.4. The third kappa shape index (κ3) is 27.2. The summed E-state index contributed by atoms with van der Waals surface area (Å²) in [5, 5.41) is 129. The first-order chi connectivity index (χ1) is 36.0. The van der Waals surface area contributed by atoms with Crippen LogP contribution in [0, 0.1) is 11.8 Å². The lowest BCUT2D eigenvalue weighted by Gasteiger charge is -2.37. The van der Waals surface area contributed by atoms with Gasteiger partial charge in [-0.05, 0) is 46.0 Å². The third-order valence-corrected chi connectivity index (χ3v) is 12.4. The lowest BCUT2D eigenvalue weighted by Crippen LogP contribution is -2.54. The first-order valence-electron chi connectivity index (χ1n) is 25.4. The second-order valence-electron chi connectivity index (χ2n) is 19.0. The van der Waals surface area contributed by atoms with Crippen LogP contribution < -0.4 is 27.4 Å². The van der Waals surface area contributed by atoms with Gasteiger partial charge in [-0.25, -0.2) is 20.7 Å². The topological polar surface area (TPSA) is 408 Å². The predicted octanol–water partition coefficient (Wildman–Crippen LogP) is -0.394. The fraction of sp³-hybridized carbons (Fsp3) is 0.615. The van der Waals surface area contributed by atoms with E-state index in [0.717, 1.165) is 0 Å². The van der Waals surface area contributed by atoms with E-state index >= 15 is 0 Å². The SMILES string of the molecule is C=C[C@@H]1[C@H](O)[C@@H](C)/C=C/C=C/C=C/C=C/C=C/C=C/C=C/[C@H](OC2CC(N=C(N)NO)[C@H](O)[C@@H](C)O2)CC[C@H](NC(=O)NNC(=O)CCO)[C@@H](O)CC(O)(O)C[C@@H](O)C[C@@H](O)[C@H](O)CC[C@@H](O)C[C@@H](O)CC(=O)O[C@H]1C. The van der Waals surface area contributed by atoms with Crippen molar-refractivity contribution in [2.24, 2.45) is 22.6 Å². The Bertz CT molecular complexity index is 1980. The summed E-state index contributed by atoms with van der Waals surface area (Å²) in [6.07, 6.45) is 7.08. The predicted molar refractivity (Wildman–Crippen MR) is 279 cm³/mol. The molecule has 2 unspecified atom stereocenters. The largest absolute Gasteiger partial charge is 0.462 e. The highest BCUT2D eigenvalue weighted by Gasteiger charge is 2.39. The second-order valence-corrected chi connectivity index (χ2v) is 19.0. The molecule has 430 valence electrons. The number of aliphatic imine (C=N–C) groups is 1. The molecule has 1 fully saturated rings. The summed E-state index contributed by atoms with van der Waals surface area (Å²) in [6, 6.07) is -3.23. The maximum Gasteiger partial charge on any atom is 0.333 e. The van der Waals surface area contributed by atoms with Crippen LogP contribution in [0.3, 0.4) is 0 Å². The highest BCUT2D eigenvalue weighted by molar-refractivity contribution is 5.81. The highest BCUT2D eigenvalue weighted by Crippen LogP contribution is 2.28. The molecule has 1 saturated heterocycles. The second kappa shape index (κ2) is 36.0. The Labute approximate surface area is 444 Å². The molecule has 76 heavy (non-hydrogen) atoms. The number of esters is 1. The lowest BCUT2D eigenvalue weighted by atomic mass is 9.88. The number of nitrogens with zero attached hydrogens (tertiary/aromatic N) is 1. The fourth-order valence-corrected chi connectivity index (χ4v) is 8.25. The first kappa shape index (κ1) is 67.0. The van der Waals surface area contributed by atoms with Gasteiger partial charge in [-0.3, -0.25) is 20.2 Å². The van der Waals surface area contributed by atoms with Crippen LogP contribution in [0.2, 0.25) is 0 Å². The number of nitrogens with one attached hydrogen (secondary N) is 4. The number of hydroxylamine groups is 1. The Morgan fingerprint density at radius 2 is 1.36 bits per heavy atom. The van der Waals surface area contributed by atoms with Crippen molar-refractivity contribution >= 4 is 23.9 Å². The molecule has 16 atom stereocenters. The number of amides is 3. The van der Waals surface area contributed by atoms with Crippen molar-refractivity contribution in [3.05, 3.63) is 97.7 Å². The maximum atomic E-state index is 13.0. The van der Waals surface area contributed by atoms with Gasteiger partial charge in [0.05, 0.1) is 86.5 Å². The lowest BCUT2D eigenvalue weighted by molar-refractivity contribution is -0.233. The molecule has 0 aromatic heterocycles. The van der Waals surface area contributed by atoms with E-state index in [-0.39, 0.29) is 56.8 Å².